The highest BCUT2D eigenvalue weighted by molar-refractivity contribution is 6.13. The minimum Gasteiger partial charge on any atom is -0.456 e. The normalized spacial score (nSPS) is 11.9. The van der Waals surface area contributed by atoms with Crippen LogP contribution in [-0.4, -0.2) is 24.1 Å². The molecule has 0 N–H and O–H groups in total. The minimum absolute atomic E-state index is 0.564. The van der Waals surface area contributed by atoms with Crippen LogP contribution in [0.2, 0.25) is 0 Å². The largest absolute Gasteiger partial charge is 0.456 e. The molecule has 4 heterocycles. The van der Waals surface area contributed by atoms with Gasteiger partial charge in [0, 0.05) is 37.9 Å². The molecule has 0 aliphatic heterocycles. The van der Waals surface area contributed by atoms with E-state index in [-0.39, 0.29) is 0 Å². The van der Waals surface area contributed by atoms with Crippen LogP contribution in [0.1, 0.15) is 0 Å². The Morgan fingerprint density at radius 2 is 0.719 bits per heavy atom. The second-order valence-corrected chi connectivity index (χ2v) is 14.4. The van der Waals surface area contributed by atoms with Crippen molar-refractivity contribution in [2.75, 3.05) is 0 Å². The van der Waals surface area contributed by atoms with Crippen LogP contribution < -0.4 is 0 Å². The van der Waals surface area contributed by atoms with E-state index in [1.54, 1.807) is 0 Å². The van der Waals surface area contributed by atoms with Crippen LogP contribution in [0, 0.1) is 0 Å². The summed E-state index contributed by atoms with van der Waals surface area (Å²) in [4.78, 5) is 15.7. The molecule has 0 bridgehead atoms. The van der Waals surface area contributed by atoms with E-state index in [4.69, 9.17) is 19.4 Å². The first-order chi connectivity index (χ1) is 28.3. The van der Waals surface area contributed by atoms with E-state index in [9.17, 15) is 0 Å². The van der Waals surface area contributed by atoms with E-state index in [1.165, 1.54) is 0 Å². The van der Waals surface area contributed by atoms with Crippen LogP contribution >= 0.6 is 0 Å². The SMILES string of the molecule is c1ccc2c(c1)oc1cccc(-c3ccc(-c4ccc(-c5nc(-n6c7ccccc7c7ccccc76)nc(-n6c7ccccc7c7ccccc76)n5)cc4)cc3)c12. The molecule has 0 amide bonds. The molecule has 57 heavy (non-hydrogen) atoms. The van der Waals surface area contributed by atoms with Crippen molar-refractivity contribution in [2.45, 2.75) is 0 Å². The van der Waals surface area contributed by atoms with Crippen LogP contribution in [0.25, 0.3) is 111 Å². The summed E-state index contributed by atoms with van der Waals surface area (Å²) in [7, 11) is 0. The molecule has 6 nitrogen and oxygen atoms in total. The maximum Gasteiger partial charge on any atom is 0.240 e. The molecule has 6 heteroatoms. The van der Waals surface area contributed by atoms with E-state index in [0.29, 0.717) is 17.7 Å². The lowest BCUT2D eigenvalue weighted by molar-refractivity contribution is 0.669. The number of fused-ring (bicyclic) bond motifs is 9. The van der Waals surface area contributed by atoms with E-state index in [0.717, 1.165) is 93.4 Å². The molecule has 0 saturated carbocycles. The van der Waals surface area contributed by atoms with Gasteiger partial charge in [-0.3, -0.25) is 9.13 Å². The van der Waals surface area contributed by atoms with Crippen molar-refractivity contribution in [3.8, 4) is 45.5 Å². The Morgan fingerprint density at radius 1 is 0.316 bits per heavy atom. The average Bonchev–Trinajstić information content (AvgIpc) is 3.94. The molecule has 0 atom stereocenters. The van der Waals surface area contributed by atoms with Crippen molar-refractivity contribution >= 4 is 65.6 Å². The van der Waals surface area contributed by atoms with Crippen molar-refractivity contribution in [2.24, 2.45) is 0 Å². The number of aromatic nitrogens is 5. The van der Waals surface area contributed by atoms with Gasteiger partial charge in [-0.1, -0.05) is 152 Å². The monoisotopic (exact) mass is 729 g/mol. The van der Waals surface area contributed by atoms with Crippen molar-refractivity contribution in [1.82, 2.24) is 24.1 Å². The minimum atomic E-state index is 0.564. The fourth-order valence-electron chi connectivity index (χ4n) is 8.63. The van der Waals surface area contributed by atoms with Crippen LogP contribution in [0.5, 0.6) is 0 Å². The van der Waals surface area contributed by atoms with Crippen molar-refractivity contribution in [3.63, 3.8) is 0 Å². The van der Waals surface area contributed by atoms with Crippen LogP contribution in [0.4, 0.5) is 0 Å². The Balaban J connectivity index is 0.995. The maximum atomic E-state index is 6.17. The summed E-state index contributed by atoms with van der Waals surface area (Å²) < 4.78 is 10.5. The van der Waals surface area contributed by atoms with Crippen molar-refractivity contribution in [3.05, 3.63) is 188 Å². The molecule has 266 valence electrons. The van der Waals surface area contributed by atoms with Gasteiger partial charge in [-0.15, -0.1) is 0 Å². The first kappa shape index (κ1) is 31.5. The zero-order valence-electron chi connectivity index (χ0n) is 30.5. The van der Waals surface area contributed by atoms with Gasteiger partial charge in [-0.25, -0.2) is 0 Å². The summed E-state index contributed by atoms with van der Waals surface area (Å²) in [5.74, 6) is 1.73. The van der Waals surface area contributed by atoms with Gasteiger partial charge in [0.25, 0.3) is 0 Å². The summed E-state index contributed by atoms with van der Waals surface area (Å²) in [5.41, 5.74) is 11.4. The molecular formula is C51H31N5O. The van der Waals surface area contributed by atoms with E-state index in [1.807, 2.05) is 18.2 Å². The van der Waals surface area contributed by atoms with E-state index >= 15 is 0 Å². The molecule has 12 rings (SSSR count). The highest BCUT2D eigenvalue weighted by atomic mass is 16.3. The fraction of sp³-hybridized carbons (Fsp3) is 0. The maximum absolute atomic E-state index is 6.17. The molecule has 0 aliphatic carbocycles. The summed E-state index contributed by atoms with van der Waals surface area (Å²) in [6, 6.07) is 65.6. The molecule has 0 unspecified atom stereocenters. The number of rotatable bonds is 5. The molecule has 0 spiro atoms. The fourth-order valence-corrected chi connectivity index (χ4v) is 8.63. The standard InChI is InChI=1S/C51H31N5O/c1-6-18-42-37(12-1)38-13-2-7-19-43(38)55(42)50-52-49(53-51(54-50)56-44-20-8-3-14-39(44)40-15-4-9-21-45(40)56)35-30-26-33(27-31-35)32-24-28-34(29-25-32)36-17-11-23-47-48(36)41-16-5-10-22-46(41)57-47/h1-31H. The summed E-state index contributed by atoms with van der Waals surface area (Å²) in [6.45, 7) is 0. The summed E-state index contributed by atoms with van der Waals surface area (Å²) in [6.07, 6.45) is 0. The molecule has 0 radical (unpaired) electrons. The number of nitrogens with zero attached hydrogens (tertiary/aromatic N) is 5. The summed E-state index contributed by atoms with van der Waals surface area (Å²) >= 11 is 0. The smallest absolute Gasteiger partial charge is 0.240 e. The highest BCUT2D eigenvalue weighted by Gasteiger charge is 2.20. The second-order valence-electron chi connectivity index (χ2n) is 14.4. The Morgan fingerprint density at radius 3 is 1.23 bits per heavy atom. The first-order valence-corrected chi connectivity index (χ1v) is 19.1. The van der Waals surface area contributed by atoms with Crippen LogP contribution in [-0.2, 0) is 0 Å². The van der Waals surface area contributed by atoms with Gasteiger partial charge < -0.3 is 4.42 Å². The zero-order valence-corrected chi connectivity index (χ0v) is 30.5. The molecule has 0 saturated heterocycles. The third-order valence-electron chi connectivity index (χ3n) is 11.2. The van der Waals surface area contributed by atoms with E-state index < -0.39 is 0 Å². The van der Waals surface area contributed by atoms with Crippen molar-refractivity contribution in [1.29, 1.82) is 0 Å². The van der Waals surface area contributed by atoms with Gasteiger partial charge in [-0.2, -0.15) is 15.0 Å². The van der Waals surface area contributed by atoms with Gasteiger partial charge >= 0.3 is 0 Å². The van der Waals surface area contributed by atoms with E-state index in [2.05, 4.69) is 179 Å². The number of hydrogen-bond acceptors (Lipinski definition) is 4. The third kappa shape index (κ3) is 4.87. The molecule has 4 aromatic heterocycles. The number of furan rings is 1. The zero-order chi connectivity index (χ0) is 37.5. The molecule has 0 aliphatic rings. The predicted molar refractivity (Wildman–Crippen MR) is 232 cm³/mol. The van der Waals surface area contributed by atoms with Gasteiger partial charge in [0.2, 0.25) is 11.9 Å². The van der Waals surface area contributed by atoms with Gasteiger partial charge in [0.1, 0.15) is 11.2 Å². The number of hydrogen-bond donors (Lipinski definition) is 0. The van der Waals surface area contributed by atoms with Gasteiger partial charge in [-0.05, 0) is 58.7 Å². The Bertz CT molecular complexity index is 3280. The average molecular weight is 730 g/mol. The van der Waals surface area contributed by atoms with Crippen LogP contribution in [0.3, 0.4) is 0 Å². The number of para-hydroxylation sites is 5. The molecule has 8 aromatic carbocycles. The third-order valence-corrected chi connectivity index (χ3v) is 11.2. The van der Waals surface area contributed by atoms with Crippen molar-refractivity contribution < 1.29 is 4.42 Å². The number of benzene rings is 8. The molecule has 12 aromatic rings. The lowest BCUT2D eigenvalue weighted by atomic mass is 9.96. The van der Waals surface area contributed by atoms with Gasteiger partial charge in [0.15, 0.2) is 5.82 Å². The first-order valence-electron chi connectivity index (χ1n) is 19.1. The topological polar surface area (TPSA) is 61.7 Å². The van der Waals surface area contributed by atoms with Crippen LogP contribution in [0.15, 0.2) is 192 Å². The highest BCUT2D eigenvalue weighted by Crippen LogP contribution is 2.38. The Labute approximate surface area is 326 Å². The van der Waals surface area contributed by atoms with Gasteiger partial charge in [0.05, 0.1) is 22.1 Å². The lowest BCUT2D eigenvalue weighted by Crippen LogP contribution is -2.10. The second kappa shape index (κ2) is 12.3. The quantitative estimate of drug-likeness (QED) is 0.177. The summed E-state index contributed by atoms with van der Waals surface area (Å²) in [5, 5.41) is 6.88. The molecule has 0 fully saturated rings. The Hall–Kier alpha value is -7.83. The Kier molecular flexibility index (Phi) is 6.83. The molecular weight excluding hydrogens is 699 g/mol. The predicted octanol–water partition coefficient (Wildman–Crippen LogP) is 13.0. The lowest BCUT2D eigenvalue weighted by Gasteiger charge is -2.13.